The summed E-state index contributed by atoms with van der Waals surface area (Å²) in [5.41, 5.74) is 0.912. The number of Topliss-reactive ketones (excluding diaryl/α,β-unsaturated/α-hetero) is 1. The Morgan fingerprint density at radius 2 is 1.95 bits per heavy atom. The van der Waals surface area contributed by atoms with Crippen LogP contribution in [0.2, 0.25) is 0 Å². The Kier molecular flexibility index (Phi) is 4.46. The lowest BCUT2D eigenvalue weighted by atomic mass is 9.79. The second-order valence-corrected chi connectivity index (χ2v) is 5.60. The van der Waals surface area contributed by atoms with Gasteiger partial charge in [-0.25, -0.2) is 0 Å². The maximum atomic E-state index is 13.1. The highest BCUT2D eigenvalue weighted by Gasteiger charge is 2.35. The minimum absolute atomic E-state index is 0.0245. The third kappa shape index (κ3) is 2.84. The van der Waals surface area contributed by atoms with Crippen molar-refractivity contribution in [3.05, 3.63) is 47.8 Å². The van der Waals surface area contributed by atoms with Gasteiger partial charge in [0.05, 0.1) is 18.7 Å². The zero-order valence-electron chi connectivity index (χ0n) is 13.1. The van der Waals surface area contributed by atoms with E-state index < -0.39 is 5.41 Å². The van der Waals surface area contributed by atoms with E-state index in [0.717, 1.165) is 12.0 Å². The van der Waals surface area contributed by atoms with Gasteiger partial charge in [0.15, 0.2) is 11.5 Å². The highest BCUT2D eigenvalue weighted by Crippen LogP contribution is 2.31. The van der Waals surface area contributed by atoms with Crippen LogP contribution in [0.1, 0.15) is 43.2 Å². The van der Waals surface area contributed by atoms with Gasteiger partial charge in [0.25, 0.3) is 0 Å². The second-order valence-electron chi connectivity index (χ2n) is 5.60. The average molecular weight is 286 g/mol. The Morgan fingerprint density at radius 3 is 2.52 bits per heavy atom. The van der Waals surface area contributed by atoms with Crippen molar-refractivity contribution in [2.24, 2.45) is 0 Å². The molecule has 4 heteroatoms. The third-order valence-corrected chi connectivity index (χ3v) is 3.74. The topological polar surface area (TPSA) is 44.1 Å². The van der Waals surface area contributed by atoms with Gasteiger partial charge in [0, 0.05) is 6.54 Å². The number of carbonyl (C=O) groups is 1. The lowest BCUT2D eigenvalue weighted by molar-refractivity contribution is 0.0894. The molecule has 1 aromatic carbocycles. The average Bonchev–Trinajstić information content (AvgIpc) is 2.90. The Bertz CT molecular complexity index is 615. The molecule has 2 rings (SSSR count). The van der Waals surface area contributed by atoms with Crippen molar-refractivity contribution < 1.29 is 9.53 Å². The molecule has 0 aliphatic heterocycles. The number of ketones is 1. The summed E-state index contributed by atoms with van der Waals surface area (Å²) >= 11 is 0. The van der Waals surface area contributed by atoms with Gasteiger partial charge in [-0.05, 0) is 25.8 Å². The van der Waals surface area contributed by atoms with E-state index in [-0.39, 0.29) is 5.78 Å². The van der Waals surface area contributed by atoms with E-state index in [4.69, 9.17) is 4.74 Å². The van der Waals surface area contributed by atoms with Crippen molar-refractivity contribution >= 4 is 5.78 Å². The smallest absolute Gasteiger partial charge is 0.194 e. The van der Waals surface area contributed by atoms with Crippen LogP contribution in [0.4, 0.5) is 0 Å². The van der Waals surface area contributed by atoms with Gasteiger partial charge in [-0.15, -0.1) is 0 Å². The van der Waals surface area contributed by atoms with E-state index >= 15 is 0 Å². The summed E-state index contributed by atoms with van der Waals surface area (Å²) in [4.78, 5) is 13.1. The second kappa shape index (κ2) is 6.12. The number of methoxy groups -OCH3 is 1. The molecular weight excluding hydrogens is 264 g/mol. The van der Waals surface area contributed by atoms with Gasteiger partial charge >= 0.3 is 0 Å². The van der Waals surface area contributed by atoms with Gasteiger partial charge in [-0.3, -0.25) is 9.48 Å². The van der Waals surface area contributed by atoms with Gasteiger partial charge in [-0.2, -0.15) is 5.10 Å². The summed E-state index contributed by atoms with van der Waals surface area (Å²) in [6.07, 6.45) is 2.53. The first-order valence-corrected chi connectivity index (χ1v) is 7.22. The fourth-order valence-electron chi connectivity index (χ4n) is 2.41. The zero-order valence-corrected chi connectivity index (χ0v) is 13.1. The molecule has 0 saturated heterocycles. The van der Waals surface area contributed by atoms with Crippen LogP contribution >= 0.6 is 0 Å². The molecular formula is C17H22N2O2. The molecule has 21 heavy (non-hydrogen) atoms. The molecule has 0 aliphatic carbocycles. The highest BCUT2D eigenvalue weighted by molar-refractivity contribution is 6.04. The van der Waals surface area contributed by atoms with Crippen LogP contribution in [-0.4, -0.2) is 22.7 Å². The first-order chi connectivity index (χ1) is 10.0. The van der Waals surface area contributed by atoms with Crippen molar-refractivity contribution in [2.75, 3.05) is 7.11 Å². The number of hydrogen-bond acceptors (Lipinski definition) is 3. The van der Waals surface area contributed by atoms with E-state index in [1.54, 1.807) is 18.0 Å². The molecule has 0 amide bonds. The molecule has 2 aromatic rings. The Labute approximate surface area is 125 Å². The molecule has 1 heterocycles. The number of aromatic nitrogens is 2. The lowest BCUT2D eigenvalue weighted by Crippen LogP contribution is -2.31. The van der Waals surface area contributed by atoms with Crippen LogP contribution in [0.25, 0.3) is 0 Å². The molecule has 0 unspecified atom stereocenters. The summed E-state index contributed by atoms with van der Waals surface area (Å²) in [6.45, 7) is 6.64. The third-order valence-electron chi connectivity index (χ3n) is 3.74. The predicted octanol–water partition coefficient (Wildman–Crippen LogP) is 3.46. The van der Waals surface area contributed by atoms with Gasteiger partial charge < -0.3 is 4.74 Å². The van der Waals surface area contributed by atoms with Crippen LogP contribution < -0.4 is 4.74 Å². The molecule has 0 aliphatic rings. The molecule has 0 radical (unpaired) electrons. The molecule has 0 N–H and O–H groups in total. The summed E-state index contributed by atoms with van der Waals surface area (Å²) < 4.78 is 7.06. The molecule has 0 bridgehead atoms. The molecule has 0 spiro atoms. The number of benzene rings is 1. The van der Waals surface area contributed by atoms with Gasteiger partial charge in [0.1, 0.15) is 5.69 Å². The van der Waals surface area contributed by atoms with E-state index in [1.807, 2.05) is 44.2 Å². The Hall–Kier alpha value is -2.10. The Morgan fingerprint density at radius 1 is 1.29 bits per heavy atom. The first-order valence-electron chi connectivity index (χ1n) is 7.22. The Balaban J connectivity index is 2.46. The van der Waals surface area contributed by atoms with Crippen molar-refractivity contribution in [3.63, 3.8) is 0 Å². The fourth-order valence-corrected chi connectivity index (χ4v) is 2.41. The molecule has 1 aromatic heterocycles. The number of rotatable bonds is 6. The maximum Gasteiger partial charge on any atom is 0.194 e. The van der Waals surface area contributed by atoms with Crippen LogP contribution in [0.5, 0.6) is 5.75 Å². The van der Waals surface area contributed by atoms with Crippen LogP contribution in [0.3, 0.4) is 0 Å². The summed E-state index contributed by atoms with van der Waals surface area (Å²) in [6, 6.07) is 9.80. The number of ether oxygens (including phenoxy) is 1. The van der Waals surface area contributed by atoms with Crippen LogP contribution in [0.15, 0.2) is 36.5 Å². The maximum absolute atomic E-state index is 13.1. The van der Waals surface area contributed by atoms with Crippen molar-refractivity contribution in [3.8, 4) is 5.75 Å². The van der Waals surface area contributed by atoms with E-state index in [0.29, 0.717) is 18.0 Å². The minimum Gasteiger partial charge on any atom is -0.493 e. The standard InChI is InChI=1S/C17H22N2O2/c1-5-11-19-15(14(21-4)12-18-19)16(20)17(2,3)13-9-7-6-8-10-13/h6-10,12H,5,11H2,1-4H3. The molecule has 0 atom stereocenters. The molecule has 0 saturated carbocycles. The van der Waals surface area contributed by atoms with E-state index in [1.165, 1.54) is 0 Å². The lowest BCUT2D eigenvalue weighted by Gasteiger charge is -2.24. The molecule has 0 fully saturated rings. The predicted molar refractivity (Wildman–Crippen MR) is 82.9 cm³/mol. The summed E-state index contributed by atoms with van der Waals surface area (Å²) in [5.74, 6) is 0.564. The minimum atomic E-state index is -0.625. The largest absolute Gasteiger partial charge is 0.493 e. The summed E-state index contributed by atoms with van der Waals surface area (Å²) in [5, 5.41) is 4.28. The van der Waals surface area contributed by atoms with Crippen molar-refractivity contribution in [1.29, 1.82) is 0 Å². The number of hydrogen-bond donors (Lipinski definition) is 0. The quantitative estimate of drug-likeness (QED) is 0.764. The number of carbonyl (C=O) groups excluding carboxylic acids is 1. The monoisotopic (exact) mass is 286 g/mol. The highest BCUT2D eigenvalue weighted by atomic mass is 16.5. The zero-order chi connectivity index (χ0) is 15.5. The first kappa shape index (κ1) is 15.3. The SMILES string of the molecule is CCCn1ncc(OC)c1C(=O)C(C)(C)c1ccccc1. The normalized spacial score (nSPS) is 11.4. The van der Waals surface area contributed by atoms with E-state index in [2.05, 4.69) is 12.0 Å². The van der Waals surface area contributed by atoms with Crippen molar-refractivity contribution in [1.82, 2.24) is 9.78 Å². The molecule has 4 nitrogen and oxygen atoms in total. The number of aryl methyl sites for hydroxylation is 1. The fraction of sp³-hybridized carbons (Fsp3) is 0.412. The van der Waals surface area contributed by atoms with Crippen LogP contribution in [0, 0.1) is 0 Å². The van der Waals surface area contributed by atoms with Crippen molar-refractivity contribution in [2.45, 2.75) is 39.2 Å². The van der Waals surface area contributed by atoms with Crippen LogP contribution in [-0.2, 0) is 12.0 Å². The van der Waals surface area contributed by atoms with Gasteiger partial charge in [0.2, 0.25) is 0 Å². The number of nitrogens with zero attached hydrogens (tertiary/aromatic N) is 2. The molecule has 112 valence electrons. The van der Waals surface area contributed by atoms with Gasteiger partial charge in [-0.1, -0.05) is 37.3 Å². The van der Waals surface area contributed by atoms with E-state index in [9.17, 15) is 4.79 Å². The summed E-state index contributed by atoms with van der Waals surface area (Å²) in [7, 11) is 1.57.